The summed E-state index contributed by atoms with van der Waals surface area (Å²) < 4.78 is 0. The summed E-state index contributed by atoms with van der Waals surface area (Å²) in [5, 5.41) is 4.56. The van der Waals surface area contributed by atoms with Crippen LogP contribution in [0.1, 0.15) is 38.2 Å². The summed E-state index contributed by atoms with van der Waals surface area (Å²) in [7, 11) is 0. The summed E-state index contributed by atoms with van der Waals surface area (Å²) in [6.45, 7) is 4.38. The molecule has 1 aromatic carbocycles. The van der Waals surface area contributed by atoms with Gasteiger partial charge in [-0.3, -0.25) is 5.43 Å². The van der Waals surface area contributed by atoms with Crippen molar-refractivity contribution in [2.75, 3.05) is 5.43 Å². The lowest BCUT2D eigenvalue weighted by Gasteiger charge is -2.20. The van der Waals surface area contributed by atoms with Gasteiger partial charge in [-0.1, -0.05) is 31.5 Å². The number of anilines is 1. The minimum absolute atomic E-state index is 0.644. The van der Waals surface area contributed by atoms with Crippen molar-refractivity contribution in [1.29, 1.82) is 0 Å². The van der Waals surface area contributed by atoms with E-state index in [1.54, 1.807) is 0 Å². The number of hydrazone groups is 1. The highest BCUT2D eigenvalue weighted by Gasteiger charge is 2.15. The summed E-state index contributed by atoms with van der Waals surface area (Å²) >= 11 is 0. The standard InChI is InChI=1S/C14H20N2/c1-11-7-3-5-9-13(11)15-16-14-10-6-4-8-12(14)2/h3,5,7,9,12,15H,4,6,8,10H2,1-2H3/b16-14-/t12-/m0/s1. The SMILES string of the molecule is Cc1ccccc1N/N=C1/CCCC[C@@H]1C. The van der Waals surface area contributed by atoms with Crippen molar-refractivity contribution in [3.8, 4) is 0 Å². The first-order valence-corrected chi connectivity index (χ1v) is 6.15. The van der Waals surface area contributed by atoms with Gasteiger partial charge in [0.05, 0.1) is 5.69 Å². The van der Waals surface area contributed by atoms with Crippen LogP contribution < -0.4 is 5.43 Å². The number of hydrogen-bond acceptors (Lipinski definition) is 2. The molecule has 16 heavy (non-hydrogen) atoms. The van der Waals surface area contributed by atoms with E-state index >= 15 is 0 Å². The summed E-state index contributed by atoms with van der Waals surface area (Å²) in [6, 6.07) is 8.27. The molecule has 1 fully saturated rings. The number of nitrogens with one attached hydrogen (secondary N) is 1. The molecule has 0 radical (unpaired) electrons. The Hall–Kier alpha value is -1.31. The van der Waals surface area contributed by atoms with Gasteiger partial charge in [0.1, 0.15) is 0 Å². The Kier molecular flexibility index (Phi) is 3.60. The van der Waals surface area contributed by atoms with Gasteiger partial charge in [-0.05, 0) is 43.7 Å². The molecule has 1 atom stereocenters. The number of nitrogens with zero attached hydrogens (tertiary/aromatic N) is 1. The number of benzene rings is 1. The maximum absolute atomic E-state index is 4.56. The van der Waals surface area contributed by atoms with E-state index in [1.807, 2.05) is 6.07 Å². The Balaban J connectivity index is 2.05. The first-order chi connectivity index (χ1) is 7.77. The van der Waals surface area contributed by atoms with Crippen LogP contribution >= 0.6 is 0 Å². The van der Waals surface area contributed by atoms with Gasteiger partial charge in [0.25, 0.3) is 0 Å². The fourth-order valence-electron chi connectivity index (χ4n) is 2.17. The van der Waals surface area contributed by atoms with Crippen LogP contribution in [0.15, 0.2) is 29.4 Å². The molecule has 2 heteroatoms. The smallest absolute Gasteiger partial charge is 0.0590 e. The van der Waals surface area contributed by atoms with Gasteiger partial charge in [-0.2, -0.15) is 5.10 Å². The predicted octanol–water partition coefficient (Wildman–Crippen LogP) is 3.97. The first kappa shape index (κ1) is 11.2. The molecular weight excluding hydrogens is 196 g/mol. The second-order valence-corrected chi connectivity index (χ2v) is 4.68. The van der Waals surface area contributed by atoms with E-state index in [-0.39, 0.29) is 0 Å². The fraction of sp³-hybridized carbons (Fsp3) is 0.500. The molecule has 0 heterocycles. The van der Waals surface area contributed by atoms with E-state index in [9.17, 15) is 0 Å². The lowest BCUT2D eigenvalue weighted by Crippen LogP contribution is -2.17. The van der Waals surface area contributed by atoms with Crippen LogP contribution in [0.2, 0.25) is 0 Å². The summed E-state index contributed by atoms with van der Waals surface area (Å²) in [6.07, 6.45) is 5.08. The lowest BCUT2D eigenvalue weighted by atomic mass is 9.89. The molecule has 1 N–H and O–H groups in total. The molecular formula is C14H20N2. The van der Waals surface area contributed by atoms with E-state index in [1.165, 1.54) is 30.5 Å². The lowest BCUT2D eigenvalue weighted by molar-refractivity contribution is 0.558. The van der Waals surface area contributed by atoms with Gasteiger partial charge in [0.2, 0.25) is 0 Å². The molecule has 1 aromatic rings. The highest BCUT2D eigenvalue weighted by atomic mass is 15.3. The Morgan fingerprint density at radius 2 is 2.06 bits per heavy atom. The average Bonchev–Trinajstić information content (AvgIpc) is 2.30. The van der Waals surface area contributed by atoms with Gasteiger partial charge in [0, 0.05) is 5.71 Å². The molecule has 2 rings (SSSR count). The zero-order valence-electron chi connectivity index (χ0n) is 10.2. The van der Waals surface area contributed by atoms with Crippen LogP contribution in [0, 0.1) is 12.8 Å². The van der Waals surface area contributed by atoms with Crippen LogP contribution in [0.3, 0.4) is 0 Å². The normalized spacial score (nSPS) is 23.4. The molecule has 1 aliphatic rings. The number of aryl methyl sites for hydroxylation is 1. The van der Waals surface area contributed by atoms with Crippen LogP contribution in [-0.4, -0.2) is 5.71 Å². The van der Waals surface area contributed by atoms with E-state index in [0.717, 1.165) is 12.1 Å². The topological polar surface area (TPSA) is 24.4 Å². The molecule has 0 aliphatic heterocycles. The van der Waals surface area contributed by atoms with Crippen molar-refractivity contribution in [3.63, 3.8) is 0 Å². The van der Waals surface area contributed by atoms with Crippen molar-refractivity contribution < 1.29 is 0 Å². The van der Waals surface area contributed by atoms with Gasteiger partial charge in [0.15, 0.2) is 0 Å². The van der Waals surface area contributed by atoms with Gasteiger partial charge in [-0.25, -0.2) is 0 Å². The predicted molar refractivity (Wildman–Crippen MR) is 69.9 cm³/mol. The third-order valence-corrected chi connectivity index (χ3v) is 3.35. The Labute approximate surface area is 97.8 Å². The highest BCUT2D eigenvalue weighted by molar-refractivity contribution is 5.87. The third kappa shape index (κ3) is 2.63. The Morgan fingerprint density at radius 3 is 2.81 bits per heavy atom. The molecule has 0 amide bonds. The fourth-order valence-corrected chi connectivity index (χ4v) is 2.17. The van der Waals surface area contributed by atoms with Gasteiger partial charge in [-0.15, -0.1) is 0 Å². The maximum atomic E-state index is 4.56. The van der Waals surface area contributed by atoms with Crippen LogP contribution in [0.4, 0.5) is 5.69 Å². The summed E-state index contributed by atoms with van der Waals surface area (Å²) in [4.78, 5) is 0. The Bertz CT molecular complexity index is 382. The van der Waals surface area contributed by atoms with Crippen molar-refractivity contribution >= 4 is 11.4 Å². The molecule has 86 valence electrons. The zero-order valence-corrected chi connectivity index (χ0v) is 10.2. The Morgan fingerprint density at radius 1 is 1.25 bits per heavy atom. The highest BCUT2D eigenvalue weighted by Crippen LogP contribution is 2.22. The summed E-state index contributed by atoms with van der Waals surface area (Å²) in [5.41, 5.74) is 6.89. The van der Waals surface area contributed by atoms with Crippen molar-refractivity contribution in [2.45, 2.75) is 39.5 Å². The number of para-hydroxylation sites is 1. The van der Waals surface area contributed by atoms with E-state index in [4.69, 9.17) is 0 Å². The average molecular weight is 216 g/mol. The maximum Gasteiger partial charge on any atom is 0.0590 e. The minimum atomic E-state index is 0.644. The van der Waals surface area contributed by atoms with E-state index in [2.05, 4.69) is 42.6 Å². The minimum Gasteiger partial charge on any atom is -0.278 e. The third-order valence-electron chi connectivity index (χ3n) is 3.35. The number of rotatable bonds is 2. The molecule has 0 bridgehead atoms. The molecule has 0 saturated heterocycles. The molecule has 2 nitrogen and oxygen atoms in total. The van der Waals surface area contributed by atoms with Gasteiger partial charge >= 0.3 is 0 Å². The molecule has 0 unspecified atom stereocenters. The summed E-state index contributed by atoms with van der Waals surface area (Å²) in [5.74, 6) is 0.644. The van der Waals surface area contributed by atoms with Crippen LogP contribution in [0.25, 0.3) is 0 Å². The number of hydrogen-bond donors (Lipinski definition) is 1. The van der Waals surface area contributed by atoms with Crippen molar-refractivity contribution in [1.82, 2.24) is 0 Å². The van der Waals surface area contributed by atoms with E-state index < -0.39 is 0 Å². The van der Waals surface area contributed by atoms with E-state index in [0.29, 0.717) is 5.92 Å². The first-order valence-electron chi connectivity index (χ1n) is 6.15. The molecule has 1 saturated carbocycles. The molecule has 0 aromatic heterocycles. The van der Waals surface area contributed by atoms with Crippen molar-refractivity contribution in [3.05, 3.63) is 29.8 Å². The van der Waals surface area contributed by atoms with Crippen LogP contribution in [-0.2, 0) is 0 Å². The quantitative estimate of drug-likeness (QED) is 0.743. The largest absolute Gasteiger partial charge is 0.278 e. The second-order valence-electron chi connectivity index (χ2n) is 4.68. The monoisotopic (exact) mass is 216 g/mol. The van der Waals surface area contributed by atoms with Crippen molar-refractivity contribution in [2.24, 2.45) is 11.0 Å². The molecule has 1 aliphatic carbocycles. The van der Waals surface area contributed by atoms with Gasteiger partial charge < -0.3 is 0 Å². The zero-order chi connectivity index (χ0) is 11.4. The van der Waals surface area contributed by atoms with Crippen LogP contribution in [0.5, 0.6) is 0 Å². The molecule has 0 spiro atoms. The second kappa shape index (κ2) is 5.15.